The van der Waals surface area contributed by atoms with Crippen LogP contribution in [0.25, 0.3) is 0 Å². The van der Waals surface area contributed by atoms with Crippen LogP contribution in [0, 0.1) is 5.92 Å². The Labute approximate surface area is 101 Å². The van der Waals surface area contributed by atoms with Gasteiger partial charge >= 0.3 is 0 Å². The minimum Gasteiger partial charge on any atom is -0.346 e. The molecule has 1 aromatic rings. The molecule has 0 amide bonds. The molecular formula is C12H19N3S. The molecule has 1 N–H and O–H groups in total. The highest BCUT2D eigenvalue weighted by Gasteiger charge is 2.35. The first-order valence-electron chi connectivity index (χ1n) is 6.29. The second-order valence-corrected chi connectivity index (χ2v) is 5.68. The van der Waals surface area contributed by atoms with Gasteiger partial charge in [0.05, 0.1) is 5.69 Å². The number of anilines is 1. The number of piperidine rings is 1. The van der Waals surface area contributed by atoms with E-state index in [0.29, 0.717) is 6.04 Å². The van der Waals surface area contributed by atoms with Crippen LogP contribution in [-0.2, 0) is 6.42 Å². The molecule has 2 atom stereocenters. The summed E-state index contributed by atoms with van der Waals surface area (Å²) in [5.74, 6) is 0.850. The van der Waals surface area contributed by atoms with E-state index >= 15 is 0 Å². The third-order valence-electron chi connectivity index (χ3n) is 3.77. The largest absolute Gasteiger partial charge is 0.346 e. The van der Waals surface area contributed by atoms with Gasteiger partial charge in [-0.2, -0.15) is 0 Å². The molecule has 0 spiro atoms. The smallest absolute Gasteiger partial charge is 0.185 e. The van der Waals surface area contributed by atoms with Crippen molar-refractivity contribution in [3.05, 3.63) is 11.1 Å². The van der Waals surface area contributed by atoms with Gasteiger partial charge in [-0.25, -0.2) is 4.98 Å². The third-order valence-corrected chi connectivity index (χ3v) is 4.72. The summed E-state index contributed by atoms with van der Waals surface area (Å²) in [6.07, 6.45) is 3.78. The number of aryl methyl sites for hydroxylation is 1. The molecule has 2 saturated heterocycles. The van der Waals surface area contributed by atoms with Crippen LogP contribution < -0.4 is 10.2 Å². The average Bonchev–Trinajstić information content (AvgIpc) is 2.95. The molecule has 1 aromatic heterocycles. The third kappa shape index (κ3) is 1.84. The van der Waals surface area contributed by atoms with Gasteiger partial charge in [0.1, 0.15) is 0 Å². The highest BCUT2D eigenvalue weighted by atomic mass is 32.1. The monoisotopic (exact) mass is 237 g/mol. The fourth-order valence-corrected chi connectivity index (χ4v) is 3.74. The number of nitrogens with zero attached hydrogens (tertiary/aromatic N) is 2. The van der Waals surface area contributed by atoms with Gasteiger partial charge in [-0.3, -0.25) is 0 Å². The number of rotatable bonds is 2. The van der Waals surface area contributed by atoms with Gasteiger partial charge in [-0.1, -0.05) is 6.92 Å². The highest BCUT2D eigenvalue weighted by Crippen LogP contribution is 2.30. The van der Waals surface area contributed by atoms with Crippen LogP contribution in [0.4, 0.5) is 5.13 Å². The molecule has 0 unspecified atom stereocenters. The Hall–Kier alpha value is -0.610. The lowest BCUT2D eigenvalue weighted by Gasteiger charge is -2.24. The zero-order chi connectivity index (χ0) is 11.0. The fourth-order valence-electron chi connectivity index (χ4n) is 2.81. The fraction of sp³-hybridized carbons (Fsp3) is 0.750. The number of hydrogen-bond donors (Lipinski definition) is 1. The molecule has 16 heavy (non-hydrogen) atoms. The van der Waals surface area contributed by atoms with Crippen LogP contribution in [0.15, 0.2) is 5.38 Å². The van der Waals surface area contributed by atoms with E-state index < -0.39 is 0 Å². The quantitative estimate of drug-likeness (QED) is 0.851. The maximum atomic E-state index is 4.69. The molecule has 3 nitrogen and oxygen atoms in total. The van der Waals surface area contributed by atoms with E-state index in [1.54, 1.807) is 11.3 Å². The standard InChI is InChI=1S/C12H19N3S/c1-2-10-8-16-12(14-10)15-6-9-4-3-5-13-11(9)7-15/h8-9,11,13H,2-7H2,1H3/t9-,11+/m0/s1. The van der Waals surface area contributed by atoms with Gasteiger partial charge in [0.15, 0.2) is 5.13 Å². The van der Waals surface area contributed by atoms with E-state index in [-0.39, 0.29) is 0 Å². The molecule has 3 rings (SSSR count). The van der Waals surface area contributed by atoms with E-state index in [0.717, 1.165) is 18.9 Å². The maximum absolute atomic E-state index is 4.69. The minimum absolute atomic E-state index is 0.711. The van der Waals surface area contributed by atoms with Crippen molar-refractivity contribution in [2.45, 2.75) is 32.2 Å². The Morgan fingerprint density at radius 3 is 3.25 bits per heavy atom. The molecule has 4 heteroatoms. The molecule has 2 aliphatic heterocycles. The molecule has 3 heterocycles. The summed E-state index contributed by atoms with van der Waals surface area (Å²) in [5, 5.41) is 7.07. The summed E-state index contributed by atoms with van der Waals surface area (Å²) < 4.78 is 0. The topological polar surface area (TPSA) is 28.2 Å². The summed E-state index contributed by atoms with van der Waals surface area (Å²) in [6, 6.07) is 0.711. The van der Waals surface area contributed by atoms with Crippen LogP contribution >= 0.6 is 11.3 Å². The van der Waals surface area contributed by atoms with Gasteiger partial charge < -0.3 is 10.2 Å². The second kappa shape index (κ2) is 4.34. The zero-order valence-electron chi connectivity index (χ0n) is 9.78. The first-order chi connectivity index (χ1) is 7.86. The number of fused-ring (bicyclic) bond motifs is 1. The lowest BCUT2D eigenvalue weighted by atomic mass is 9.94. The van der Waals surface area contributed by atoms with Gasteiger partial charge in [-0.15, -0.1) is 11.3 Å². The lowest BCUT2D eigenvalue weighted by Crippen LogP contribution is -2.40. The molecule has 0 aromatic carbocycles. The van der Waals surface area contributed by atoms with Gasteiger partial charge in [0, 0.05) is 24.5 Å². The first kappa shape index (κ1) is 10.5. The van der Waals surface area contributed by atoms with Gasteiger partial charge in [-0.05, 0) is 31.7 Å². The van der Waals surface area contributed by atoms with E-state index in [4.69, 9.17) is 0 Å². The number of thiazole rings is 1. The van der Waals surface area contributed by atoms with E-state index in [1.165, 1.54) is 36.8 Å². The number of aromatic nitrogens is 1. The molecule has 88 valence electrons. The van der Waals surface area contributed by atoms with Crippen LogP contribution in [0.2, 0.25) is 0 Å². The normalized spacial score (nSPS) is 29.4. The Morgan fingerprint density at radius 2 is 2.50 bits per heavy atom. The molecule has 2 fully saturated rings. The Kier molecular flexibility index (Phi) is 2.86. The van der Waals surface area contributed by atoms with Crippen molar-refractivity contribution in [2.24, 2.45) is 5.92 Å². The Morgan fingerprint density at radius 1 is 1.56 bits per heavy atom. The summed E-state index contributed by atoms with van der Waals surface area (Å²) in [5.41, 5.74) is 1.24. The molecule has 0 bridgehead atoms. The number of hydrogen-bond acceptors (Lipinski definition) is 4. The van der Waals surface area contributed by atoms with Crippen molar-refractivity contribution in [3.63, 3.8) is 0 Å². The van der Waals surface area contributed by atoms with Crippen LogP contribution in [0.3, 0.4) is 0 Å². The zero-order valence-corrected chi connectivity index (χ0v) is 10.6. The Bertz CT molecular complexity index is 349. The predicted octanol–water partition coefficient (Wildman–Crippen LogP) is 1.89. The molecule has 0 saturated carbocycles. The maximum Gasteiger partial charge on any atom is 0.185 e. The van der Waals surface area contributed by atoms with Crippen molar-refractivity contribution < 1.29 is 0 Å². The van der Waals surface area contributed by atoms with Gasteiger partial charge in [0.25, 0.3) is 0 Å². The van der Waals surface area contributed by atoms with Gasteiger partial charge in [0.2, 0.25) is 0 Å². The minimum atomic E-state index is 0.711. The summed E-state index contributed by atoms with van der Waals surface area (Å²) in [7, 11) is 0. The van der Waals surface area contributed by atoms with Crippen LogP contribution in [-0.4, -0.2) is 30.7 Å². The predicted molar refractivity (Wildman–Crippen MR) is 68.2 cm³/mol. The van der Waals surface area contributed by atoms with E-state index in [1.807, 2.05) is 0 Å². The summed E-state index contributed by atoms with van der Waals surface area (Å²) in [4.78, 5) is 7.16. The summed E-state index contributed by atoms with van der Waals surface area (Å²) in [6.45, 7) is 5.73. The van der Waals surface area contributed by atoms with E-state index in [9.17, 15) is 0 Å². The molecule has 2 aliphatic rings. The van der Waals surface area contributed by atoms with E-state index in [2.05, 4.69) is 27.5 Å². The highest BCUT2D eigenvalue weighted by molar-refractivity contribution is 7.13. The molecule has 0 radical (unpaired) electrons. The Balaban J connectivity index is 1.72. The van der Waals surface area contributed by atoms with Crippen LogP contribution in [0.5, 0.6) is 0 Å². The SMILES string of the molecule is CCc1csc(N2C[C@@H]3CCCN[C@@H]3C2)n1. The number of nitrogens with one attached hydrogen (secondary N) is 1. The first-order valence-corrected chi connectivity index (χ1v) is 7.17. The van der Waals surface area contributed by atoms with Crippen molar-refractivity contribution >= 4 is 16.5 Å². The molecular weight excluding hydrogens is 218 g/mol. The molecule has 0 aliphatic carbocycles. The average molecular weight is 237 g/mol. The summed E-state index contributed by atoms with van der Waals surface area (Å²) >= 11 is 1.80. The second-order valence-electron chi connectivity index (χ2n) is 4.84. The lowest BCUT2D eigenvalue weighted by molar-refractivity contribution is 0.340. The van der Waals surface area contributed by atoms with Crippen molar-refractivity contribution in [1.29, 1.82) is 0 Å². The van der Waals surface area contributed by atoms with Crippen molar-refractivity contribution in [3.8, 4) is 0 Å². The van der Waals surface area contributed by atoms with Crippen molar-refractivity contribution in [2.75, 3.05) is 24.5 Å². The van der Waals surface area contributed by atoms with Crippen molar-refractivity contribution in [1.82, 2.24) is 10.3 Å². The van der Waals surface area contributed by atoms with Crippen LogP contribution in [0.1, 0.15) is 25.5 Å².